The quantitative estimate of drug-likeness (QED) is 0.545. The Kier molecular flexibility index (Phi) is 2.92. The van der Waals surface area contributed by atoms with Crippen LogP contribution in [0.5, 0.6) is 0 Å². The maximum Gasteiger partial charge on any atom is 0.208 e. The molecule has 1 aliphatic heterocycles. The summed E-state index contributed by atoms with van der Waals surface area (Å²) in [6.45, 7) is 6.51. The summed E-state index contributed by atoms with van der Waals surface area (Å²) in [5, 5.41) is 0. The lowest BCUT2D eigenvalue weighted by atomic mass is 9.64. The molecule has 0 amide bonds. The molecular weight excluding hydrogens is 133 g/mol. The summed E-state index contributed by atoms with van der Waals surface area (Å²) >= 11 is 0. The lowest BCUT2D eigenvalue weighted by Gasteiger charge is -1.97. The zero-order chi connectivity index (χ0) is 8.27. The average molecular weight is 148 g/mol. The number of allylic oxidation sites excluding steroid dienone is 2. The van der Waals surface area contributed by atoms with E-state index in [1.807, 2.05) is 0 Å². The SMILES string of the molecule is CCC1=NC(CC)=C(CC)[B]1. The van der Waals surface area contributed by atoms with Gasteiger partial charge in [0, 0.05) is 5.70 Å². The molecule has 2 heteroatoms. The highest BCUT2D eigenvalue weighted by Gasteiger charge is 2.14. The molecule has 0 aromatic heterocycles. The van der Waals surface area contributed by atoms with Gasteiger partial charge in [-0.3, -0.25) is 4.99 Å². The summed E-state index contributed by atoms with van der Waals surface area (Å²) in [5.41, 5.74) is 3.98. The van der Waals surface area contributed by atoms with Gasteiger partial charge in [0.1, 0.15) is 0 Å². The van der Waals surface area contributed by atoms with Crippen LogP contribution in [0, 0.1) is 0 Å². The molecule has 0 aromatic rings. The summed E-state index contributed by atoms with van der Waals surface area (Å²) in [4.78, 5) is 4.52. The number of nitrogens with zero attached hydrogens (tertiary/aromatic N) is 1. The van der Waals surface area contributed by atoms with Gasteiger partial charge < -0.3 is 0 Å². The molecule has 1 radical (unpaired) electrons. The highest BCUT2D eigenvalue weighted by atomic mass is 14.8. The Morgan fingerprint density at radius 1 is 1.09 bits per heavy atom. The van der Waals surface area contributed by atoms with Crippen molar-refractivity contribution >= 4 is 12.9 Å². The summed E-state index contributed by atoms with van der Waals surface area (Å²) in [6.07, 6.45) is 3.26. The fourth-order valence-electron chi connectivity index (χ4n) is 1.36. The average Bonchev–Trinajstić information content (AvgIpc) is 2.46. The van der Waals surface area contributed by atoms with Crippen LogP contribution in [0.15, 0.2) is 16.2 Å². The molecule has 11 heavy (non-hydrogen) atoms. The van der Waals surface area contributed by atoms with E-state index in [2.05, 4.69) is 33.0 Å². The molecule has 1 rings (SSSR count). The second-order valence-electron chi connectivity index (χ2n) is 2.78. The minimum atomic E-state index is 1.06. The third kappa shape index (κ3) is 1.73. The van der Waals surface area contributed by atoms with Gasteiger partial charge >= 0.3 is 0 Å². The normalized spacial score (nSPS) is 16.8. The maximum atomic E-state index is 4.52. The Morgan fingerprint density at radius 2 is 1.82 bits per heavy atom. The molecule has 0 aromatic carbocycles. The van der Waals surface area contributed by atoms with Crippen LogP contribution in [0.3, 0.4) is 0 Å². The van der Waals surface area contributed by atoms with E-state index in [9.17, 15) is 0 Å². The van der Waals surface area contributed by atoms with Gasteiger partial charge in [-0.15, -0.1) is 0 Å². The molecule has 1 heterocycles. The summed E-state index contributed by atoms with van der Waals surface area (Å²) < 4.78 is 0. The van der Waals surface area contributed by atoms with Gasteiger partial charge in [0.25, 0.3) is 0 Å². The van der Waals surface area contributed by atoms with Crippen molar-refractivity contribution in [2.45, 2.75) is 40.0 Å². The van der Waals surface area contributed by atoms with E-state index in [0.717, 1.165) is 19.3 Å². The first-order chi connectivity index (χ1) is 5.31. The molecule has 0 saturated heterocycles. The van der Waals surface area contributed by atoms with Crippen LogP contribution in [0.25, 0.3) is 0 Å². The van der Waals surface area contributed by atoms with E-state index in [-0.39, 0.29) is 0 Å². The van der Waals surface area contributed by atoms with Crippen LogP contribution in [0.1, 0.15) is 40.0 Å². The van der Waals surface area contributed by atoms with E-state index in [1.54, 1.807) is 0 Å². The van der Waals surface area contributed by atoms with Gasteiger partial charge in [0.05, 0.1) is 0 Å². The van der Waals surface area contributed by atoms with Gasteiger partial charge in [-0.1, -0.05) is 26.2 Å². The molecule has 0 aliphatic carbocycles. The molecule has 0 N–H and O–H groups in total. The van der Waals surface area contributed by atoms with Crippen molar-refractivity contribution in [2.75, 3.05) is 0 Å². The van der Waals surface area contributed by atoms with Crippen molar-refractivity contribution < 1.29 is 0 Å². The minimum Gasteiger partial charge on any atom is -0.273 e. The standard InChI is InChI=1S/C9H15BN/c1-4-7-8(5-2)11-9(6-3)10-7/h4-6H2,1-3H3. The van der Waals surface area contributed by atoms with E-state index in [1.165, 1.54) is 16.8 Å². The second-order valence-corrected chi connectivity index (χ2v) is 2.78. The van der Waals surface area contributed by atoms with E-state index in [0.29, 0.717) is 0 Å². The first-order valence-electron chi connectivity index (χ1n) is 4.46. The Bertz CT molecular complexity index is 204. The van der Waals surface area contributed by atoms with E-state index < -0.39 is 0 Å². The molecule has 1 aliphatic rings. The van der Waals surface area contributed by atoms with E-state index >= 15 is 0 Å². The number of aliphatic imine (C=N–C) groups is 1. The van der Waals surface area contributed by atoms with Crippen molar-refractivity contribution in [3.63, 3.8) is 0 Å². The van der Waals surface area contributed by atoms with Crippen molar-refractivity contribution in [2.24, 2.45) is 4.99 Å². The van der Waals surface area contributed by atoms with Crippen LogP contribution in [0.4, 0.5) is 0 Å². The van der Waals surface area contributed by atoms with Crippen LogP contribution in [-0.2, 0) is 0 Å². The zero-order valence-electron chi connectivity index (χ0n) is 7.65. The lowest BCUT2D eigenvalue weighted by molar-refractivity contribution is 1.02. The van der Waals surface area contributed by atoms with Crippen molar-refractivity contribution in [3.8, 4) is 0 Å². The third-order valence-corrected chi connectivity index (χ3v) is 2.07. The third-order valence-electron chi connectivity index (χ3n) is 2.07. The molecule has 0 saturated carbocycles. The van der Waals surface area contributed by atoms with Gasteiger partial charge in [0.2, 0.25) is 7.28 Å². The van der Waals surface area contributed by atoms with Gasteiger partial charge in [-0.2, -0.15) is 0 Å². The monoisotopic (exact) mass is 148 g/mol. The smallest absolute Gasteiger partial charge is 0.208 e. The predicted octanol–water partition coefficient (Wildman–Crippen LogP) is 2.54. The highest BCUT2D eigenvalue weighted by Crippen LogP contribution is 2.19. The topological polar surface area (TPSA) is 12.4 Å². The molecule has 0 unspecified atom stereocenters. The van der Waals surface area contributed by atoms with Crippen molar-refractivity contribution in [3.05, 3.63) is 11.2 Å². The Balaban J connectivity index is 2.69. The zero-order valence-corrected chi connectivity index (χ0v) is 7.65. The Hall–Kier alpha value is -0.525. The van der Waals surface area contributed by atoms with Crippen LogP contribution in [0.2, 0.25) is 0 Å². The van der Waals surface area contributed by atoms with Crippen LogP contribution < -0.4 is 0 Å². The largest absolute Gasteiger partial charge is 0.273 e. The molecule has 59 valence electrons. The number of hydrogen-bond donors (Lipinski definition) is 0. The number of hydrogen-bond acceptors (Lipinski definition) is 1. The predicted molar refractivity (Wildman–Crippen MR) is 51.1 cm³/mol. The molecule has 0 fully saturated rings. The van der Waals surface area contributed by atoms with Crippen LogP contribution in [-0.4, -0.2) is 12.9 Å². The second kappa shape index (κ2) is 3.75. The maximum absolute atomic E-state index is 4.52. The summed E-state index contributed by atoms with van der Waals surface area (Å²) in [5.74, 6) is 0. The lowest BCUT2D eigenvalue weighted by Crippen LogP contribution is -2.05. The molecular formula is C9H15BN. The summed E-state index contributed by atoms with van der Waals surface area (Å²) in [7, 11) is 2.23. The minimum absolute atomic E-state index is 1.06. The fraction of sp³-hybridized carbons (Fsp3) is 0.667. The highest BCUT2D eigenvalue weighted by molar-refractivity contribution is 6.82. The molecule has 0 spiro atoms. The van der Waals surface area contributed by atoms with Crippen LogP contribution >= 0.6 is 0 Å². The van der Waals surface area contributed by atoms with E-state index in [4.69, 9.17) is 0 Å². The summed E-state index contributed by atoms with van der Waals surface area (Å²) in [6, 6.07) is 0. The molecule has 0 atom stereocenters. The Morgan fingerprint density at radius 3 is 2.18 bits per heavy atom. The molecule has 0 bridgehead atoms. The van der Waals surface area contributed by atoms with Crippen molar-refractivity contribution in [1.29, 1.82) is 0 Å². The molecule has 1 nitrogen and oxygen atoms in total. The van der Waals surface area contributed by atoms with Gasteiger partial charge in [0.15, 0.2) is 0 Å². The van der Waals surface area contributed by atoms with Crippen molar-refractivity contribution in [1.82, 2.24) is 0 Å². The van der Waals surface area contributed by atoms with Gasteiger partial charge in [-0.25, -0.2) is 0 Å². The first kappa shape index (κ1) is 8.57. The number of rotatable bonds is 3. The van der Waals surface area contributed by atoms with Gasteiger partial charge in [-0.05, 0) is 24.9 Å². The fourth-order valence-corrected chi connectivity index (χ4v) is 1.36. The first-order valence-corrected chi connectivity index (χ1v) is 4.46. The Labute approximate surface area is 69.8 Å².